The van der Waals surface area contributed by atoms with Crippen molar-refractivity contribution in [2.24, 2.45) is 5.73 Å². The second-order valence-electron chi connectivity index (χ2n) is 6.39. The highest BCUT2D eigenvalue weighted by atomic mass is 16.5. The van der Waals surface area contributed by atoms with Gasteiger partial charge in [0.05, 0.1) is 30.0 Å². The monoisotopic (exact) mass is 316 g/mol. The number of aromatic nitrogens is 1. The minimum atomic E-state index is -0.818. The lowest BCUT2D eigenvalue weighted by molar-refractivity contribution is 0.207. The molecular formula is C19H28N2O2. The highest BCUT2D eigenvalue weighted by molar-refractivity contribution is 5.80. The quantitative estimate of drug-likeness (QED) is 0.691. The minimum absolute atomic E-state index is 0.134. The average Bonchev–Trinajstić information content (AvgIpc) is 2.57. The van der Waals surface area contributed by atoms with Crippen molar-refractivity contribution in [2.45, 2.75) is 51.5 Å². The lowest BCUT2D eigenvalue weighted by atomic mass is 9.99. The zero-order valence-corrected chi connectivity index (χ0v) is 14.2. The van der Waals surface area contributed by atoms with Crippen LogP contribution in [0.5, 0.6) is 5.75 Å². The van der Waals surface area contributed by atoms with Gasteiger partial charge in [0.1, 0.15) is 5.75 Å². The van der Waals surface area contributed by atoms with Gasteiger partial charge in [-0.25, -0.2) is 0 Å². The van der Waals surface area contributed by atoms with Crippen LogP contribution in [0.2, 0.25) is 0 Å². The number of nitrogens with zero attached hydrogens (tertiary/aromatic N) is 1. The zero-order valence-electron chi connectivity index (χ0n) is 14.2. The number of benzene rings is 1. The van der Waals surface area contributed by atoms with Gasteiger partial charge in [0.2, 0.25) is 0 Å². The van der Waals surface area contributed by atoms with Crippen LogP contribution in [0.25, 0.3) is 10.9 Å². The number of unbranched alkanes of at least 4 members (excludes halogenated alkanes) is 4. The molecule has 2 aromatic rings. The number of pyridine rings is 1. The fourth-order valence-electron chi connectivity index (χ4n) is 2.49. The number of aliphatic hydroxyl groups is 1. The zero-order chi connectivity index (χ0) is 16.7. The summed E-state index contributed by atoms with van der Waals surface area (Å²) in [5, 5.41) is 10.4. The first kappa shape index (κ1) is 17.7. The van der Waals surface area contributed by atoms with E-state index in [1.807, 2.05) is 30.3 Å². The van der Waals surface area contributed by atoms with Gasteiger partial charge >= 0.3 is 0 Å². The normalized spacial score (nSPS) is 13.9. The van der Waals surface area contributed by atoms with Crippen LogP contribution in [0.3, 0.4) is 0 Å². The van der Waals surface area contributed by atoms with Gasteiger partial charge in [0.25, 0.3) is 0 Å². The fraction of sp³-hybridized carbons (Fsp3) is 0.526. The second kappa shape index (κ2) is 8.27. The second-order valence-corrected chi connectivity index (χ2v) is 6.39. The predicted molar refractivity (Wildman–Crippen MR) is 94.6 cm³/mol. The van der Waals surface area contributed by atoms with Crippen LogP contribution in [-0.2, 0) is 5.54 Å². The smallest absolute Gasteiger partial charge is 0.120 e. The molecular weight excluding hydrogens is 288 g/mol. The Labute approximate surface area is 138 Å². The molecule has 4 heteroatoms. The minimum Gasteiger partial charge on any atom is -0.494 e. The number of nitrogens with two attached hydrogens (primary N) is 1. The number of hydrogen-bond acceptors (Lipinski definition) is 4. The fourth-order valence-corrected chi connectivity index (χ4v) is 2.49. The summed E-state index contributed by atoms with van der Waals surface area (Å²) in [7, 11) is 0. The molecule has 1 heterocycles. The van der Waals surface area contributed by atoms with Crippen LogP contribution < -0.4 is 10.5 Å². The van der Waals surface area contributed by atoms with Crippen molar-refractivity contribution in [3.63, 3.8) is 0 Å². The molecule has 0 radical (unpaired) electrons. The van der Waals surface area contributed by atoms with E-state index >= 15 is 0 Å². The van der Waals surface area contributed by atoms with E-state index in [1.165, 1.54) is 25.7 Å². The third-order valence-corrected chi connectivity index (χ3v) is 4.09. The van der Waals surface area contributed by atoms with Gasteiger partial charge in [0, 0.05) is 5.39 Å². The molecule has 0 aliphatic carbocycles. The molecule has 0 saturated carbocycles. The van der Waals surface area contributed by atoms with E-state index < -0.39 is 5.54 Å². The van der Waals surface area contributed by atoms with E-state index in [2.05, 4.69) is 11.9 Å². The third-order valence-electron chi connectivity index (χ3n) is 4.09. The largest absolute Gasteiger partial charge is 0.494 e. The summed E-state index contributed by atoms with van der Waals surface area (Å²) >= 11 is 0. The van der Waals surface area contributed by atoms with Crippen molar-refractivity contribution in [1.29, 1.82) is 0 Å². The predicted octanol–water partition coefficient (Wildman–Crippen LogP) is 3.75. The summed E-state index contributed by atoms with van der Waals surface area (Å²) in [5.74, 6) is 0.875. The summed E-state index contributed by atoms with van der Waals surface area (Å²) in [6, 6.07) is 9.74. The summed E-state index contributed by atoms with van der Waals surface area (Å²) in [6.07, 6.45) is 6.17. The molecule has 0 aliphatic heterocycles. The maximum Gasteiger partial charge on any atom is 0.120 e. The first-order valence-corrected chi connectivity index (χ1v) is 8.50. The number of ether oxygens (including phenoxy) is 1. The number of rotatable bonds is 9. The maximum atomic E-state index is 9.35. The van der Waals surface area contributed by atoms with Crippen molar-refractivity contribution < 1.29 is 9.84 Å². The van der Waals surface area contributed by atoms with E-state index in [9.17, 15) is 5.11 Å². The molecule has 0 bridgehead atoms. The van der Waals surface area contributed by atoms with Gasteiger partial charge in [-0.15, -0.1) is 0 Å². The van der Waals surface area contributed by atoms with Gasteiger partial charge in [-0.3, -0.25) is 4.98 Å². The Hall–Kier alpha value is -1.65. The Morgan fingerprint density at radius 3 is 2.65 bits per heavy atom. The van der Waals surface area contributed by atoms with Gasteiger partial charge in [0.15, 0.2) is 0 Å². The third kappa shape index (κ3) is 4.91. The van der Waals surface area contributed by atoms with Crippen LogP contribution in [0.4, 0.5) is 0 Å². The lowest BCUT2D eigenvalue weighted by Crippen LogP contribution is -2.37. The summed E-state index contributed by atoms with van der Waals surface area (Å²) in [6.45, 7) is 4.62. The maximum absolute atomic E-state index is 9.35. The SMILES string of the molecule is CCCCCCCOc1ccc2nc([C@](C)(N)CO)ccc2c1. The molecule has 1 aromatic carbocycles. The Balaban J connectivity index is 1.98. The Morgan fingerprint density at radius 1 is 1.13 bits per heavy atom. The van der Waals surface area contributed by atoms with Crippen molar-refractivity contribution in [1.82, 2.24) is 4.98 Å². The molecule has 4 nitrogen and oxygen atoms in total. The molecule has 2 rings (SSSR count). The molecule has 0 aliphatic rings. The molecule has 1 atom stereocenters. The molecule has 0 saturated heterocycles. The number of hydrogen-bond donors (Lipinski definition) is 2. The van der Waals surface area contributed by atoms with Crippen LogP contribution in [0.1, 0.15) is 51.6 Å². The Kier molecular flexibility index (Phi) is 6.37. The summed E-state index contributed by atoms with van der Waals surface area (Å²) in [4.78, 5) is 4.55. The van der Waals surface area contributed by atoms with E-state index in [1.54, 1.807) is 6.92 Å². The topological polar surface area (TPSA) is 68.4 Å². The van der Waals surface area contributed by atoms with Gasteiger partial charge in [-0.05, 0) is 37.6 Å². The van der Waals surface area contributed by atoms with Gasteiger partial charge < -0.3 is 15.6 Å². The van der Waals surface area contributed by atoms with Gasteiger partial charge in [-0.1, -0.05) is 38.7 Å². The van der Waals surface area contributed by atoms with Crippen LogP contribution in [0, 0.1) is 0 Å². The van der Waals surface area contributed by atoms with Gasteiger partial charge in [-0.2, -0.15) is 0 Å². The standard InChI is InChI=1S/C19H28N2O2/c1-3-4-5-6-7-12-23-16-9-10-17-15(13-16)8-11-18(21-17)19(2,20)14-22/h8-11,13,22H,3-7,12,14,20H2,1-2H3/t19-/m1/s1. The van der Waals surface area contributed by atoms with Crippen molar-refractivity contribution in [2.75, 3.05) is 13.2 Å². The molecule has 0 spiro atoms. The Bertz CT molecular complexity index is 626. The van der Waals surface area contributed by atoms with Crippen LogP contribution >= 0.6 is 0 Å². The number of aliphatic hydroxyl groups excluding tert-OH is 1. The molecule has 3 N–H and O–H groups in total. The van der Waals surface area contributed by atoms with Crippen molar-refractivity contribution >= 4 is 10.9 Å². The molecule has 0 unspecified atom stereocenters. The first-order chi connectivity index (χ1) is 11.1. The number of fused-ring (bicyclic) bond motifs is 1. The van der Waals surface area contributed by atoms with Crippen molar-refractivity contribution in [3.8, 4) is 5.75 Å². The van der Waals surface area contributed by atoms with E-state index in [0.717, 1.165) is 29.7 Å². The molecule has 23 heavy (non-hydrogen) atoms. The van der Waals surface area contributed by atoms with E-state index in [0.29, 0.717) is 5.69 Å². The summed E-state index contributed by atoms with van der Waals surface area (Å²) < 4.78 is 5.82. The average molecular weight is 316 g/mol. The van der Waals surface area contributed by atoms with Crippen molar-refractivity contribution in [3.05, 3.63) is 36.0 Å². The molecule has 0 amide bonds. The van der Waals surface area contributed by atoms with Crippen LogP contribution in [0.15, 0.2) is 30.3 Å². The first-order valence-electron chi connectivity index (χ1n) is 8.50. The summed E-state index contributed by atoms with van der Waals surface area (Å²) in [5.41, 5.74) is 6.77. The highest BCUT2D eigenvalue weighted by Crippen LogP contribution is 2.23. The van der Waals surface area contributed by atoms with E-state index in [-0.39, 0.29) is 6.61 Å². The molecule has 126 valence electrons. The van der Waals surface area contributed by atoms with Crippen LogP contribution in [-0.4, -0.2) is 23.3 Å². The lowest BCUT2D eigenvalue weighted by Gasteiger charge is -2.21. The Morgan fingerprint density at radius 2 is 1.91 bits per heavy atom. The van der Waals surface area contributed by atoms with E-state index in [4.69, 9.17) is 10.5 Å². The molecule has 1 aromatic heterocycles. The highest BCUT2D eigenvalue weighted by Gasteiger charge is 2.21. The molecule has 0 fully saturated rings.